The maximum absolute atomic E-state index is 12.6. The number of hydrazone groups is 1. The van der Waals surface area contributed by atoms with Crippen molar-refractivity contribution in [1.29, 1.82) is 0 Å². The highest BCUT2D eigenvalue weighted by molar-refractivity contribution is 8.00. The summed E-state index contributed by atoms with van der Waals surface area (Å²) in [6.07, 6.45) is 3.15. The van der Waals surface area contributed by atoms with E-state index < -0.39 is 17.9 Å². The molecule has 0 aromatic rings. The van der Waals surface area contributed by atoms with Gasteiger partial charge < -0.3 is 10.1 Å². The van der Waals surface area contributed by atoms with E-state index in [9.17, 15) is 14.4 Å². The number of ether oxygens (including phenoxy) is 1. The monoisotopic (exact) mass is 356 g/mol. The molecule has 1 fully saturated rings. The van der Waals surface area contributed by atoms with Crippen molar-refractivity contribution >= 4 is 35.9 Å². The molecular weight excluding hydrogens is 332 g/mol. The first-order valence-electron chi connectivity index (χ1n) is 8.25. The Morgan fingerprint density at radius 2 is 2.08 bits per heavy atom. The van der Waals surface area contributed by atoms with E-state index in [1.54, 1.807) is 11.9 Å². The van der Waals surface area contributed by atoms with Crippen LogP contribution in [0.4, 0.5) is 4.79 Å². The lowest BCUT2D eigenvalue weighted by atomic mass is 10.0. The molecule has 134 valence electrons. The van der Waals surface area contributed by atoms with Crippen LogP contribution in [0.2, 0.25) is 0 Å². The van der Waals surface area contributed by atoms with Gasteiger partial charge in [-0.2, -0.15) is 5.10 Å². The number of hydrogen-bond acceptors (Lipinski definition) is 7. The number of carbonyl (C=O) groups is 3. The van der Waals surface area contributed by atoms with E-state index in [4.69, 9.17) is 4.74 Å². The molecule has 2 heterocycles. The SMILES string of the molecule is CCOC(=O)NC(=O)C1CCSC1NC(=O)C1CCC=NN1CC. The summed E-state index contributed by atoms with van der Waals surface area (Å²) in [6, 6.07) is -0.310. The molecule has 0 spiro atoms. The number of likely N-dealkylation sites (N-methyl/N-ethyl adjacent to an activating group) is 1. The van der Waals surface area contributed by atoms with E-state index in [1.165, 1.54) is 11.8 Å². The Bertz CT molecular complexity index is 514. The van der Waals surface area contributed by atoms with Crippen LogP contribution in [-0.2, 0) is 14.3 Å². The zero-order valence-corrected chi connectivity index (χ0v) is 14.8. The first kappa shape index (κ1) is 18.6. The molecule has 2 N–H and O–H groups in total. The fraction of sp³-hybridized carbons (Fsp3) is 0.733. The van der Waals surface area contributed by atoms with Crippen molar-refractivity contribution in [2.24, 2.45) is 11.0 Å². The molecule has 2 aliphatic heterocycles. The van der Waals surface area contributed by atoms with Crippen LogP contribution in [0.25, 0.3) is 0 Å². The van der Waals surface area contributed by atoms with Crippen molar-refractivity contribution in [2.75, 3.05) is 18.9 Å². The average Bonchev–Trinajstić information content (AvgIpc) is 3.03. The Labute approximate surface area is 145 Å². The van der Waals surface area contributed by atoms with Crippen molar-refractivity contribution in [1.82, 2.24) is 15.6 Å². The minimum absolute atomic E-state index is 0.123. The van der Waals surface area contributed by atoms with Crippen molar-refractivity contribution < 1.29 is 19.1 Å². The van der Waals surface area contributed by atoms with E-state index in [2.05, 4.69) is 15.7 Å². The second-order valence-electron chi connectivity index (χ2n) is 5.55. The first-order chi connectivity index (χ1) is 11.6. The highest BCUT2D eigenvalue weighted by atomic mass is 32.2. The molecule has 9 heteroatoms. The third-order valence-electron chi connectivity index (χ3n) is 4.00. The van der Waals surface area contributed by atoms with Crippen molar-refractivity contribution in [3.63, 3.8) is 0 Å². The molecule has 1 saturated heterocycles. The zero-order valence-electron chi connectivity index (χ0n) is 14.0. The summed E-state index contributed by atoms with van der Waals surface area (Å²) in [4.78, 5) is 36.2. The van der Waals surface area contributed by atoms with Crippen molar-refractivity contribution in [2.45, 2.75) is 44.5 Å². The van der Waals surface area contributed by atoms with Crippen LogP contribution in [0.5, 0.6) is 0 Å². The van der Waals surface area contributed by atoms with E-state index in [0.29, 0.717) is 19.4 Å². The van der Waals surface area contributed by atoms with Gasteiger partial charge in [0.2, 0.25) is 11.8 Å². The lowest BCUT2D eigenvalue weighted by molar-refractivity contribution is -0.128. The number of thioether (sulfide) groups is 1. The maximum Gasteiger partial charge on any atom is 0.413 e. The molecule has 8 nitrogen and oxygen atoms in total. The van der Waals surface area contributed by atoms with Gasteiger partial charge in [0.15, 0.2) is 0 Å². The van der Waals surface area contributed by atoms with Gasteiger partial charge in [0.25, 0.3) is 0 Å². The van der Waals surface area contributed by atoms with Gasteiger partial charge in [-0.05, 0) is 38.9 Å². The molecule has 3 unspecified atom stereocenters. The molecule has 2 aliphatic rings. The predicted octanol–water partition coefficient (Wildman–Crippen LogP) is 0.925. The normalized spacial score (nSPS) is 26.1. The van der Waals surface area contributed by atoms with Gasteiger partial charge in [-0.3, -0.25) is 19.9 Å². The van der Waals surface area contributed by atoms with E-state index in [1.807, 2.05) is 13.1 Å². The van der Waals surface area contributed by atoms with Crippen LogP contribution in [0.3, 0.4) is 0 Å². The summed E-state index contributed by atoms with van der Waals surface area (Å²) >= 11 is 1.52. The highest BCUT2D eigenvalue weighted by Gasteiger charge is 2.37. The molecule has 0 aromatic heterocycles. The Hall–Kier alpha value is -1.77. The standard InChI is InChI=1S/C15H24N4O4S/c1-3-19-11(6-5-8-16-19)13(21)17-14-10(7-9-24-14)12(20)18-15(22)23-4-2/h8,10-11,14H,3-7,9H2,1-2H3,(H,17,21)(H,18,20,22). The minimum Gasteiger partial charge on any atom is -0.450 e. The Balaban J connectivity index is 1.93. The molecular formula is C15H24N4O4S. The van der Waals surface area contributed by atoms with Gasteiger partial charge in [-0.15, -0.1) is 11.8 Å². The number of carbonyl (C=O) groups excluding carboxylic acids is 3. The summed E-state index contributed by atoms with van der Waals surface area (Å²) in [6.45, 7) is 4.47. The molecule has 0 saturated carbocycles. The second kappa shape index (κ2) is 8.91. The number of rotatable bonds is 5. The van der Waals surface area contributed by atoms with Crippen LogP contribution in [-0.4, -0.2) is 59.5 Å². The number of alkyl carbamates (subject to hydrolysis) is 1. The summed E-state index contributed by atoms with van der Waals surface area (Å²) in [5.41, 5.74) is 0. The predicted molar refractivity (Wildman–Crippen MR) is 91.6 cm³/mol. The second-order valence-corrected chi connectivity index (χ2v) is 6.80. The number of imide groups is 1. The highest BCUT2D eigenvalue weighted by Crippen LogP contribution is 2.31. The molecule has 0 aromatic carbocycles. The summed E-state index contributed by atoms with van der Waals surface area (Å²) in [7, 11) is 0. The van der Waals surface area contributed by atoms with Crippen LogP contribution >= 0.6 is 11.8 Å². The van der Waals surface area contributed by atoms with Gasteiger partial charge in [-0.25, -0.2) is 4.79 Å². The fourth-order valence-corrected chi connectivity index (χ4v) is 4.13. The van der Waals surface area contributed by atoms with Gasteiger partial charge >= 0.3 is 6.09 Å². The summed E-state index contributed by atoms with van der Waals surface area (Å²) in [5.74, 6) is -0.211. The summed E-state index contributed by atoms with van der Waals surface area (Å²) in [5, 5.41) is 10.8. The van der Waals surface area contributed by atoms with Gasteiger partial charge in [0.05, 0.1) is 17.9 Å². The van der Waals surface area contributed by atoms with Gasteiger partial charge in [0, 0.05) is 12.8 Å². The third-order valence-corrected chi connectivity index (χ3v) is 5.28. The lowest BCUT2D eigenvalue weighted by Crippen LogP contribution is -2.51. The molecule has 0 aliphatic carbocycles. The lowest BCUT2D eigenvalue weighted by Gasteiger charge is -2.31. The third kappa shape index (κ3) is 4.62. The molecule has 3 atom stereocenters. The molecule has 0 bridgehead atoms. The van der Waals surface area contributed by atoms with E-state index in [-0.39, 0.29) is 23.9 Å². The number of hydrogen-bond donors (Lipinski definition) is 2. The van der Waals surface area contributed by atoms with Crippen LogP contribution in [0, 0.1) is 5.92 Å². The number of amides is 3. The van der Waals surface area contributed by atoms with Crippen LogP contribution in [0.1, 0.15) is 33.1 Å². The maximum atomic E-state index is 12.6. The largest absolute Gasteiger partial charge is 0.450 e. The zero-order chi connectivity index (χ0) is 17.5. The molecule has 0 radical (unpaired) electrons. The Morgan fingerprint density at radius 3 is 2.79 bits per heavy atom. The molecule has 2 rings (SSSR count). The first-order valence-corrected chi connectivity index (χ1v) is 9.30. The van der Waals surface area contributed by atoms with Crippen LogP contribution < -0.4 is 10.6 Å². The van der Waals surface area contributed by atoms with E-state index >= 15 is 0 Å². The molecule has 24 heavy (non-hydrogen) atoms. The Kier molecular flexibility index (Phi) is 6.89. The number of nitrogens with zero attached hydrogens (tertiary/aromatic N) is 2. The van der Waals surface area contributed by atoms with E-state index in [0.717, 1.165) is 12.2 Å². The topological polar surface area (TPSA) is 100 Å². The average molecular weight is 356 g/mol. The number of nitrogens with one attached hydrogen (secondary N) is 2. The molecule has 3 amide bonds. The van der Waals surface area contributed by atoms with Gasteiger partial charge in [-0.1, -0.05) is 0 Å². The fourth-order valence-electron chi connectivity index (χ4n) is 2.79. The van der Waals surface area contributed by atoms with Crippen molar-refractivity contribution in [3.8, 4) is 0 Å². The van der Waals surface area contributed by atoms with Crippen molar-refractivity contribution in [3.05, 3.63) is 0 Å². The smallest absolute Gasteiger partial charge is 0.413 e. The summed E-state index contributed by atoms with van der Waals surface area (Å²) < 4.78 is 4.72. The quantitative estimate of drug-likeness (QED) is 0.760. The van der Waals surface area contributed by atoms with Gasteiger partial charge in [0.1, 0.15) is 6.04 Å². The minimum atomic E-state index is -0.747. The Morgan fingerprint density at radius 1 is 1.29 bits per heavy atom. The van der Waals surface area contributed by atoms with Crippen LogP contribution in [0.15, 0.2) is 5.10 Å².